The number of aromatic amines is 1. The van der Waals surface area contributed by atoms with Crippen LogP contribution in [0, 0.1) is 0 Å². The molecule has 1 aliphatic rings. The molecule has 4 rings (SSSR count). The van der Waals surface area contributed by atoms with Crippen molar-refractivity contribution >= 4 is 23.9 Å². The summed E-state index contributed by atoms with van der Waals surface area (Å²) in [6.45, 7) is 0. The molecule has 4 N–H and O–H groups in total. The van der Waals surface area contributed by atoms with Crippen LogP contribution in [0.25, 0.3) is 0 Å². The summed E-state index contributed by atoms with van der Waals surface area (Å²) >= 11 is 0. The lowest BCUT2D eigenvalue weighted by atomic mass is 10.3. The van der Waals surface area contributed by atoms with E-state index in [1.807, 2.05) is 41.9 Å². The number of benzene rings is 2. The van der Waals surface area contributed by atoms with E-state index in [2.05, 4.69) is 20.0 Å². The van der Waals surface area contributed by atoms with Crippen LogP contribution in [0.5, 0.6) is 5.88 Å². The molecule has 0 spiro atoms. The van der Waals surface area contributed by atoms with E-state index in [1.165, 1.54) is 12.5 Å². The number of H-pyrrole nitrogens is 1. The minimum absolute atomic E-state index is 0.622. The molecule has 9 nitrogen and oxygen atoms in total. The molecule has 0 amide bonds. The Morgan fingerprint density at radius 1 is 1.07 bits per heavy atom. The summed E-state index contributed by atoms with van der Waals surface area (Å²) in [5, 5.41) is 18.9. The summed E-state index contributed by atoms with van der Waals surface area (Å²) in [5.74, 6) is 0.694. The molecule has 2 aromatic carbocycles. The summed E-state index contributed by atoms with van der Waals surface area (Å²) in [6, 6.07) is 18.3. The van der Waals surface area contributed by atoms with Crippen LogP contribution < -0.4 is 15.3 Å². The molecule has 2 heterocycles. The topological polar surface area (TPSA) is 118 Å². The van der Waals surface area contributed by atoms with E-state index in [0.717, 1.165) is 5.06 Å². The van der Waals surface area contributed by atoms with Crippen LogP contribution in [0.2, 0.25) is 0 Å². The Bertz CT molecular complexity index is 882. The van der Waals surface area contributed by atoms with Gasteiger partial charge in [0.05, 0.1) is 43.4 Å². The van der Waals surface area contributed by atoms with Gasteiger partial charge in [0.15, 0.2) is 0 Å². The fourth-order valence-electron chi connectivity index (χ4n) is 1.96. The molecule has 0 atom stereocenters. The first kappa shape index (κ1) is 21.4. The number of hydrogen-bond donors (Lipinski definition) is 4. The Kier molecular flexibility index (Phi) is 9.16. The first-order chi connectivity index (χ1) is 14.2. The molecule has 0 bridgehead atoms. The molecule has 29 heavy (non-hydrogen) atoms. The van der Waals surface area contributed by atoms with Gasteiger partial charge in [-0.15, -0.1) is 0 Å². The monoisotopic (exact) mass is 394 g/mol. The van der Waals surface area contributed by atoms with Gasteiger partial charge in [0.25, 0.3) is 0 Å². The fraction of sp³-hybridized carbons (Fsp3) is 0.0500. The van der Waals surface area contributed by atoms with Gasteiger partial charge in [-0.1, -0.05) is 36.4 Å². The zero-order valence-electron chi connectivity index (χ0n) is 15.8. The van der Waals surface area contributed by atoms with Gasteiger partial charge in [0.1, 0.15) is 12.0 Å². The van der Waals surface area contributed by atoms with Gasteiger partial charge in [0, 0.05) is 0 Å². The maximum atomic E-state index is 9.60. The van der Waals surface area contributed by atoms with Gasteiger partial charge in [0.2, 0.25) is 5.88 Å². The second-order valence-electron chi connectivity index (χ2n) is 5.35. The number of aliphatic imine (C=N–C) groups is 2. The second-order valence-corrected chi connectivity index (χ2v) is 5.35. The Morgan fingerprint density at radius 3 is 2.21 bits per heavy atom. The van der Waals surface area contributed by atoms with Crippen molar-refractivity contribution < 1.29 is 15.2 Å². The predicted molar refractivity (Wildman–Crippen MR) is 113 cm³/mol. The van der Waals surface area contributed by atoms with Crippen LogP contribution in [-0.2, 0) is 0 Å². The molecule has 0 saturated carbocycles. The fourth-order valence-corrected chi connectivity index (χ4v) is 1.96. The SMILES string of the molecule is COc1cnc[nH]1.ON(C=C1C=NC=N1)c1ccccc1.ONc1ccccc1. The average Bonchev–Trinajstić information content (AvgIpc) is 3.50. The normalized spacial score (nSPS) is 12.4. The molecular formula is C20H22N6O3. The van der Waals surface area contributed by atoms with E-state index in [9.17, 15) is 5.21 Å². The summed E-state index contributed by atoms with van der Waals surface area (Å²) in [4.78, 5) is 14.2. The minimum atomic E-state index is 0.622. The number of rotatable bonds is 4. The standard InChI is InChI=1S/C10H9N3O.C6H7NO.C4H6N2O/c14-13(7-9-6-11-8-12-9)10-4-2-1-3-5-10;8-7-6-4-2-1-3-5-6;1-7-4-2-5-3-6-4/h1-8,14H;1-5,7-8H;2-3H,1H3,(H,5,6). The van der Waals surface area contributed by atoms with E-state index in [4.69, 9.17) is 9.94 Å². The first-order valence-corrected chi connectivity index (χ1v) is 8.51. The number of allylic oxidation sites excluding steroid dienone is 1. The summed E-state index contributed by atoms with van der Waals surface area (Å²) in [6.07, 6.45) is 7.69. The minimum Gasteiger partial charge on any atom is -0.481 e. The number of para-hydroxylation sites is 2. The third-order valence-corrected chi connectivity index (χ3v) is 3.35. The number of anilines is 2. The van der Waals surface area contributed by atoms with Gasteiger partial charge in [-0.05, 0) is 24.3 Å². The van der Waals surface area contributed by atoms with E-state index in [0.29, 0.717) is 23.0 Å². The number of imidazole rings is 1. The average molecular weight is 394 g/mol. The summed E-state index contributed by atoms with van der Waals surface area (Å²) < 4.78 is 4.74. The lowest BCUT2D eigenvalue weighted by Crippen LogP contribution is -2.09. The van der Waals surface area contributed by atoms with Crippen LogP contribution in [0.3, 0.4) is 0 Å². The van der Waals surface area contributed by atoms with E-state index < -0.39 is 0 Å². The van der Waals surface area contributed by atoms with Crippen molar-refractivity contribution in [3.05, 3.63) is 85.1 Å². The Labute approximate surface area is 168 Å². The highest BCUT2D eigenvalue weighted by molar-refractivity contribution is 5.91. The molecule has 0 unspecified atom stereocenters. The maximum absolute atomic E-state index is 9.60. The summed E-state index contributed by atoms with van der Waals surface area (Å²) in [5.41, 5.74) is 4.05. The van der Waals surface area contributed by atoms with Gasteiger partial charge < -0.3 is 9.72 Å². The van der Waals surface area contributed by atoms with Crippen molar-refractivity contribution in [2.75, 3.05) is 17.7 Å². The quantitative estimate of drug-likeness (QED) is 0.501. The number of hydrogen-bond acceptors (Lipinski definition) is 8. The van der Waals surface area contributed by atoms with Crippen LogP contribution in [-0.4, -0.2) is 40.0 Å². The third kappa shape index (κ3) is 8.08. The molecule has 1 aliphatic heterocycles. The second kappa shape index (κ2) is 12.4. The van der Waals surface area contributed by atoms with E-state index >= 15 is 0 Å². The zero-order chi connectivity index (χ0) is 20.7. The van der Waals surface area contributed by atoms with Crippen molar-refractivity contribution in [3.8, 4) is 5.88 Å². The van der Waals surface area contributed by atoms with Crippen LogP contribution in [0.15, 0.2) is 95.1 Å². The molecule has 1 aromatic heterocycles. The zero-order valence-corrected chi connectivity index (χ0v) is 15.8. The van der Waals surface area contributed by atoms with Crippen molar-refractivity contribution in [2.24, 2.45) is 9.98 Å². The smallest absolute Gasteiger partial charge is 0.210 e. The maximum Gasteiger partial charge on any atom is 0.210 e. The van der Waals surface area contributed by atoms with Gasteiger partial charge >= 0.3 is 0 Å². The van der Waals surface area contributed by atoms with E-state index in [1.54, 1.807) is 50.1 Å². The molecule has 0 saturated heterocycles. The molecule has 0 radical (unpaired) electrons. The number of ether oxygens (including phenoxy) is 1. The Morgan fingerprint density at radius 2 is 1.76 bits per heavy atom. The summed E-state index contributed by atoms with van der Waals surface area (Å²) in [7, 11) is 1.59. The number of hydroxylamine groups is 1. The van der Waals surface area contributed by atoms with Crippen LogP contribution in [0.1, 0.15) is 0 Å². The van der Waals surface area contributed by atoms with Crippen molar-refractivity contribution in [1.29, 1.82) is 0 Å². The predicted octanol–water partition coefficient (Wildman–Crippen LogP) is 3.74. The van der Waals surface area contributed by atoms with Gasteiger partial charge in [-0.3, -0.25) is 15.9 Å². The lowest BCUT2D eigenvalue weighted by molar-refractivity contribution is 0.295. The highest BCUT2D eigenvalue weighted by atomic mass is 16.5. The van der Waals surface area contributed by atoms with Crippen molar-refractivity contribution in [2.45, 2.75) is 0 Å². The number of nitrogens with zero attached hydrogens (tertiary/aromatic N) is 4. The largest absolute Gasteiger partial charge is 0.481 e. The lowest BCUT2D eigenvalue weighted by Gasteiger charge is -2.11. The number of nitrogens with one attached hydrogen (secondary N) is 2. The first-order valence-electron chi connectivity index (χ1n) is 8.51. The number of aromatic nitrogens is 2. The molecule has 0 aliphatic carbocycles. The van der Waals surface area contributed by atoms with Gasteiger partial charge in [-0.2, -0.15) is 0 Å². The highest BCUT2D eigenvalue weighted by Gasteiger charge is 2.01. The van der Waals surface area contributed by atoms with Crippen molar-refractivity contribution in [3.63, 3.8) is 0 Å². The van der Waals surface area contributed by atoms with E-state index in [-0.39, 0.29) is 0 Å². The third-order valence-electron chi connectivity index (χ3n) is 3.35. The molecule has 150 valence electrons. The number of methoxy groups -OCH3 is 1. The van der Waals surface area contributed by atoms with Crippen molar-refractivity contribution in [1.82, 2.24) is 9.97 Å². The van der Waals surface area contributed by atoms with Crippen LogP contribution >= 0.6 is 0 Å². The molecule has 0 fully saturated rings. The molecular weight excluding hydrogens is 372 g/mol. The Hall–Kier alpha value is -3.95. The molecule has 9 heteroatoms. The molecule has 3 aromatic rings. The highest BCUT2D eigenvalue weighted by Crippen LogP contribution is 2.12. The van der Waals surface area contributed by atoms with Gasteiger partial charge in [-0.25, -0.2) is 20.0 Å². The van der Waals surface area contributed by atoms with Crippen LogP contribution in [0.4, 0.5) is 11.4 Å². The Balaban J connectivity index is 0.000000170.